The normalized spacial score (nSPS) is 10.7. The molecule has 0 aliphatic heterocycles. The molecule has 0 spiro atoms. The number of ketones is 1. The molecule has 0 saturated carbocycles. The summed E-state index contributed by atoms with van der Waals surface area (Å²) in [6.07, 6.45) is 0. The molecule has 0 unspecified atom stereocenters. The second-order valence-corrected chi connectivity index (χ2v) is 3.43. The number of carbonyl (C=O) groups is 2. The van der Waals surface area contributed by atoms with Crippen molar-refractivity contribution in [2.45, 2.75) is 33.3 Å². The van der Waals surface area contributed by atoms with Gasteiger partial charge in [0.1, 0.15) is 5.60 Å². The fraction of sp³-hybridized carbons (Fsp3) is 0.625. The molecule has 0 bridgehead atoms. The van der Waals surface area contributed by atoms with E-state index in [1.54, 1.807) is 20.8 Å². The first kappa shape index (κ1) is 10.8. The third-order valence-corrected chi connectivity index (χ3v) is 0.955. The maximum Gasteiger partial charge on any atom is 0.360 e. The van der Waals surface area contributed by atoms with E-state index >= 15 is 0 Å². The predicted molar refractivity (Wildman–Crippen MR) is 44.3 cm³/mol. The Morgan fingerprint density at radius 2 is 1.67 bits per heavy atom. The molecule has 0 amide bonds. The molecule has 0 aliphatic carbocycles. The highest BCUT2D eigenvalue weighted by molar-refractivity contribution is 6.62. The van der Waals surface area contributed by atoms with Crippen molar-refractivity contribution < 1.29 is 14.3 Å². The Hall–Kier alpha value is -1.19. The van der Waals surface area contributed by atoms with Gasteiger partial charge in [-0.15, -0.1) is 0 Å². The average molecular weight is 171 g/mol. The van der Waals surface area contributed by atoms with Gasteiger partial charge in [-0.2, -0.15) is 0 Å². The van der Waals surface area contributed by atoms with E-state index in [1.165, 1.54) is 0 Å². The van der Waals surface area contributed by atoms with E-state index in [-0.39, 0.29) is 0 Å². The van der Waals surface area contributed by atoms with E-state index in [0.717, 1.165) is 6.92 Å². The molecule has 0 aromatic rings. The second-order valence-electron chi connectivity index (χ2n) is 3.43. The third-order valence-electron chi connectivity index (χ3n) is 0.955. The van der Waals surface area contributed by atoms with E-state index in [2.05, 4.69) is 0 Å². The van der Waals surface area contributed by atoms with E-state index in [9.17, 15) is 9.59 Å². The Labute approximate surface area is 71.4 Å². The van der Waals surface area contributed by atoms with Crippen molar-refractivity contribution in [3.8, 4) is 0 Å². The van der Waals surface area contributed by atoms with Crippen molar-refractivity contribution in [3.05, 3.63) is 0 Å². The van der Waals surface area contributed by atoms with Crippen molar-refractivity contribution in [1.29, 1.82) is 5.41 Å². The standard InChI is InChI=1S/C8H13NO3/c1-5(10)6(9)7(11)12-8(2,3)4/h9H,1-4H3. The van der Waals surface area contributed by atoms with Crippen molar-refractivity contribution in [2.75, 3.05) is 0 Å². The Morgan fingerprint density at radius 1 is 1.25 bits per heavy atom. The highest BCUT2D eigenvalue weighted by Crippen LogP contribution is 2.07. The molecule has 0 aromatic heterocycles. The fourth-order valence-corrected chi connectivity index (χ4v) is 0.473. The minimum atomic E-state index is -0.866. The summed E-state index contributed by atoms with van der Waals surface area (Å²) in [4.78, 5) is 21.5. The topological polar surface area (TPSA) is 67.2 Å². The van der Waals surface area contributed by atoms with Crippen LogP contribution in [0.3, 0.4) is 0 Å². The summed E-state index contributed by atoms with van der Waals surface area (Å²) >= 11 is 0. The van der Waals surface area contributed by atoms with Crippen LogP contribution in [0, 0.1) is 5.41 Å². The summed E-state index contributed by atoms with van der Waals surface area (Å²) in [5.41, 5.74) is -1.26. The number of ether oxygens (including phenoxy) is 1. The van der Waals surface area contributed by atoms with Crippen LogP contribution in [0.2, 0.25) is 0 Å². The number of rotatable bonds is 2. The van der Waals surface area contributed by atoms with Gasteiger partial charge in [-0.1, -0.05) is 0 Å². The second kappa shape index (κ2) is 3.47. The summed E-state index contributed by atoms with van der Waals surface area (Å²) < 4.78 is 4.78. The number of hydrogen-bond donors (Lipinski definition) is 1. The molecule has 0 aromatic carbocycles. The number of hydrogen-bond acceptors (Lipinski definition) is 4. The first-order valence-electron chi connectivity index (χ1n) is 3.57. The van der Waals surface area contributed by atoms with Crippen LogP contribution in [-0.4, -0.2) is 23.1 Å². The lowest BCUT2D eigenvalue weighted by atomic mass is 10.2. The van der Waals surface area contributed by atoms with Gasteiger partial charge < -0.3 is 4.74 Å². The molecule has 4 nitrogen and oxygen atoms in total. The van der Waals surface area contributed by atoms with Crippen LogP contribution >= 0.6 is 0 Å². The molecular formula is C8H13NO3. The molecule has 0 heterocycles. The number of carbonyl (C=O) groups excluding carboxylic acids is 2. The van der Waals surface area contributed by atoms with Gasteiger partial charge in [0.05, 0.1) is 0 Å². The molecule has 0 fully saturated rings. The molecule has 0 rings (SSSR count). The zero-order valence-electron chi connectivity index (χ0n) is 7.72. The van der Waals surface area contributed by atoms with E-state index < -0.39 is 23.1 Å². The molecule has 4 heteroatoms. The average Bonchev–Trinajstić information content (AvgIpc) is 1.82. The zero-order chi connectivity index (χ0) is 9.94. The Morgan fingerprint density at radius 3 is 1.92 bits per heavy atom. The fourth-order valence-electron chi connectivity index (χ4n) is 0.473. The van der Waals surface area contributed by atoms with Crippen molar-refractivity contribution in [1.82, 2.24) is 0 Å². The molecule has 12 heavy (non-hydrogen) atoms. The van der Waals surface area contributed by atoms with E-state index in [1.807, 2.05) is 0 Å². The molecular weight excluding hydrogens is 158 g/mol. The maximum absolute atomic E-state index is 10.9. The van der Waals surface area contributed by atoms with Crippen LogP contribution in [0.1, 0.15) is 27.7 Å². The SMILES string of the molecule is CC(=O)C(=N)C(=O)OC(C)(C)C. The number of Topliss-reactive ketones (excluding diaryl/α,β-unsaturated/α-hetero) is 1. The zero-order valence-corrected chi connectivity index (χ0v) is 7.72. The summed E-state index contributed by atoms with van der Waals surface area (Å²) in [6, 6.07) is 0. The Bertz CT molecular complexity index is 225. The van der Waals surface area contributed by atoms with Gasteiger partial charge in [0.25, 0.3) is 0 Å². The quantitative estimate of drug-likeness (QED) is 0.382. The molecule has 0 atom stereocenters. The summed E-state index contributed by atoms with van der Waals surface area (Å²) in [7, 11) is 0. The van der Waals surface area contributed by atoms with Crippen LogP contribution in [0.15, 0.2) is 0 Å². The highest BCUT2D eigenvalue weighted by atomic mass is 16.6. The summed E-state index contributed by atoms with van der Waals surface area (Å²) in [5, 5.41) is 7.01. The molecule has 0 saturated heterocycles. The first-order chi connectivity index (χ1) is 5.24. The van der Waals surface area contributed by atoms with Crippen molar-refractivity contribution in [3.63, 3.8) is 0 Å². The van der Waals surface area contributed by atoms with E-state index in [4.69, 9.17) is 10.1 Å². The lowest BCUT2D eigenvalue weighted by Crippen LogP contribution is -2.31. The van der Waals surface area contributed by atoms with Gasteiger partial charge in [-0.25, -0.2) is 4.79 Å². The van der Waals surface area contributed by atoms with Crippen LogP contribution in [0.4, 0.5) is 0 Å². The maximum atomic E-state index is 10.9. The van der Waals surface area contributed by atoms with Crippen LogP contribution < -0.4 is 0 Å². The first-order valence-corrected chi connectivity index (χ1v) is 3.57. The van der Waals surface area contributed by atoms with Gasteiger partial charge in [-0.3, -0.25) is 10.2 Å². The van der Waals surface area contributed by atoms with Gasteiger partial charge >= 0.3 is 5.97 Å². The largest absolute Gasteiger partial charge is 0.455 e. The summed E-state index contributed by atoms with van der Waals surface area (Å²) in [6.45, 7) is 6.20. The molecule has 1 N–H and O–H groups in total. The lowest BCUT2D eigenvalue weighted by Gasteiger charge is -2.18. The third kappa shape index (κ3) is 3.85. The minimum absolute atomic E-state index is 0.579. The minimum Gasteiger partial charge on any atom is -0.455 e. The van der Waals surface area contributed by atoms with Gasteiger partial charge in [-0.05, 0) is 20.8 Å². The molecule has 68 valence electrons. The lowest BCUT2D eigenvalue weighted by molar-refractivity contribution is -0.146. The van der Waals surface area contributed by atoms with E-state index in [0.29, 0.717) is 0 Å². The smallest absolute Gasteiger partial charge is 0.360 e. The van der Waals surface area contributed by atoms with Crippen LogP contribution in [0.5, 0.6) is 0 Å². The van der Waals surface area contributed by atoms with Crippen LogP contribution in [0.25, 0.3) is 0 Å². The summed E-state index contributed by atoms with van der Waals surface area (Å²) in [5.74, 6) is -1.45. The van der Waals surface area contributed by atoms with Gasteiger partial charge in [0.15, 0.2) is 11.5 Å². The highest BCUT2D eigenvalue weighted by Gasteiger charge is 2.22. The number of esters is 1. The Kier molecular flexibility index (Phi) is 3.13. The monoisotopic (exact) mass is 171 g/mol. The van der Waals surface area contributed by atoms with Crippen molar-refractivity contribution in [2.24, 2.45) is 0 Å². The molecule has 0 radical (unpaired) electrons. The Balaban J connectivity index is 4.25. The van der Waals surface area contributed by atoms with Crippen molar-refractivity contribution >= 4 is 17.5 Å². The van der Waals surface area contributed by atoms with Crippen LogP contribution in [-0.2, 0) is 14.3 Å². The predicted octanol–water partition coefficient (Wildman–Crippen LogP) is 0.937. The van der Waals surface area contributed by atoms with Gasteiger partial charge in [0, 0.05) is 6.92 Å². The molecule has 0 aliphatic rings. The number of nitrogens with one attached hydrogen (secondary N) is 1. The van der Waals surface area contributed by atoms with Gasteiger partial charge in [0.2, 0.25) is 0 Å².